The summed E-state index contributed by atoms with van der Waals surface area (Å²) < 4.78 is 33.4. The van der Waals surface area contributed by atoms with Gasteiger partial charge in [-0.25, -0.2) is 8.78 Å². The van der Waals surface area contributed by atoms with Crippen LogP contribution in [0.5, 0.6) is 0 Å². The zero-order valence-electron chi connectivity index (χ0n) is 18.6. The maximum absolute atomic E-state index is 13.9. The summed E-state index contributed by atoms with van der Waals surface area (Å²) in [6.07, 6.45) is 7.75. The lowest BCUT2D eigenvalue weighted by atomic mass is 9.93. The van der Waals surface area contributed by atoms with Crippen LogP contribution in [0, 0.1) is 25.5 Å². The number of nitrogens with zero attached hydrogens (tertiary/aromatic N) is 1. The molecule has 0 aromatic heterocycles. The van der Waals surface area contributed by atoms with Crippen LogP contribution in [-0.4, -0.2) is 31.1 Å². The summed E-state index contributed by atoms with van der Waals surface area (Å²) in [5.41, 5.74) is 4.32. The normalized spacial score (nSPS) is 16.2. The van der Waals surface area contributed by atoms with Crippen molar-refractivity contribution in [3.63, 3.8) is 0 Å². The molecule has 0 spiro atoms. The summed E-state index contributed by atoms with van der Waals surface area (Å²) in [7, 11) is 2.22. The molecule has 3 rings (SSSR count). The van der Waals surface area contributed by atoms with Gasteiger partial charge >= 0.3 is 0 Å². The first-order valence-corrected chi connectivity index (χ1v) is 11.3. The van der Waals surface area contributed by atoms with E-state index < -0.39 is 11.6 Å². The zero-order valence-corrected chi connectivity index (χ0v) is 18.6. The minimum atomic E-state index is -0.534. The fourth-order valence-electron chi connectivity index (χ4n) is 4.71. The van der Waals surface area contributed by atoms with E-state index in [4.69, 9.17) is 4.74 Å². The Hall–Kier alpha value is -1.78. The van der Waals surface area contributed by atoms with Crippen LogP contribution in [-0.2, 0) is 11.2 Å². The summed E-state index contributed by atoms with van der Waals surface area (Å²) >= 11 is 0. The van der Waals surface area contributed by atoms with E-state index in [1.165, 1.54) is 60.9 Å². The highest BCUT2D eigenvalue weighted by atomic mass is 19.1. The summed E-state index contributed by atoms with van der Waals surface area (Å²) in [5.74, 6) is -1.01. The highest BCUT2D eigenvalue weighted by molar-refractivity contribution is 5.35. The number of likely N-dealkylation sites (N-methyl/N-ethyl adjacent to an activating group) is 1. The van der Waals surface area contributed by atoms with Crippen molar-refractivity contribution in [3.8, 4) is 0 Å². The fraction of sp³-hybridized carbons (Fsp3) is 0.538. The Morgan fingerprint density at radius 1 is 1.03 bits per heavy atom. The Bertz CT molecular complexity index is 796. The molecule has 1 atom stereocenters. The second kappa shape index (κ2) is 11.0. The SMILES string of the molecule is Cc1cccc(C)c1C(CN(C)C1CCCCC1)OCCCc1ccc(F)cc1F. The predicted octanol–water partition coefficient (Wildman–Crippen LogP) is 6.54. The predicted molar refractivity (Wildman–Crippen MR) is 119 cm³/mol. The van der Waals surface area contributed by atoms with Gasteiger partial charge in [0.2, 0.25) is 0 Å². The number of aryl methyl sites for hydroxylation is 3. The van der Waals surface area contributed by atoms with E-state index in [2.05, 4.69) is 44.0 Å². The second-order valence-corrected chi connectivity index (χ2v) is 8.74. The molecule has 164 valence electrons. The first-order valence-electron chi connectivity index (χ1n) is 11.3. The Labute approximate surface area is 180 Å². The van der Waals surface area contributed by atoms with E-state index >= 15 is 0 Å². The van der Waals surface area contributed by atoms with Gasteiger partial charge in [0.25, 0.3) is 0 Å². The minimum absolute atomic E-state index is 0.00353. The van der Waals surface area contributed by atoms with Crippen LogP contribution in [0.25, 0.3) is 0 Å². The summed E-state index contributed by atoms with van der Waals surface area (Å²) in [6.45, 7) is 5.70. The molecule has 1 fully saturated rings. The Morgan fingerprint density at radius 2 is 1.73 bits per heavy atom. The molecule has 30 heavy (non-hydrogen) atoms. The average Bonchev–Trinajstić information content (AvgIpc) is 2.72. The molecule has 2 nitrogen and oxygen atoms in total. The fourth-order valence-corrected chi connectivity index (χ4v) is 4.71. The van der Waals surface area contributed by atoms with Gasteiger partial charge in [0.05, 0.1) is 6.10 Å². The van der Waals surface area contributed by atoms with Gasteiger partial charge in [-0.3, -0.25) is 0 Å². The number of hydrogen-bond acceptors (Lipinski definition) is 2. The third kappa shape index (κ3) is 6.12. The molecule has 0 aliphatic heterocycles. The van der Waals surface area contributed by atoms with Crippen LogP contribution in [0.3, 0.4) is 0 Å². The summed E-state index contributed by atoms with van der Waals surface area (Å²) in [5, 5.41) is 0. The molecule has 2 aromatic carbocycles. The second-order valence-electron chi connectivity index (χ2n) is 8.74. The third-order valence-electron chi connectivity index (χ3n) is 6.44. The number of hydrogen-bond donors (Lipinski definition) is 0. The van der Waals surface area contributed by atoms with Crippen molar-refractivity contribution in [2.75, 3.05) is 20.2 Å². The van der Waals surface area contributed by atoms with E-state index in [-0.39, 0.29) is 6.10 Å². The van der Waals surface area contributed by atoms with Crippen LogP contribution in [0.4, 0.5) is 8.78 Å². The first-order chi connectivity index (χ1) is 14.5. The van der Waals surface area contributed by atoms with Crippen LogP contribution in [0.2, 0.25) is 0 Å². The van der Waals surface area contributed by atoms with Crippen LogP contribution >= 0.6 is 0 Å². The van der Waals surface area contributed by atoms with Gasteiger partial charge in [0.15, 0.2) is 0 Å². The molecule has 1 unspecified atom stereocenters. The van der Waals surface area contributed by atoms with Gasteiger partial charge < -0.3 is 9.64 Å². The molecule has 1 aliphatic carbocycles. The van der Waals surface area contributed by atoms with Crippen molar-refractivity contribution in [1.29, 1.82) is 0 Å². The van der Waals surface area contributed by atoms with E-state index in [1.807, 2.05) is 0 Å². The van der Waals surface area contributed by atoms with Crippen LogP contribution in [0.15, 0.2) is 36.4 Å². The van der Waals surface area contributed by atoms with E-state index in [1.54, 1.807) is 0 Å². The van der Waals surface area contributed by atoms with Crippen molar-refractivity contribution in [2.24, 2.45) is 0 Å². The molecule has 1 saturated carbocycles. The van der Waals surface area contributed by atoms with E-state index in [0.717, 1.165) is 12.6 Å². The number of halogens is 2. The Kier molecular flexibility index (Phi) is 8.41. The highest BCUT2D eigenvalue weighted by Gasteiger charge is 2.24. The topological polar surface area (TPSA) is 12.5 Å². The van der Waals surface area contributed by atoms with Crippen molar-refractivity contribution in [3.05, 3.63) is 70.3 Å². The summed E-state index contributed by atoms with van der Waals surface area (Å²) in [6, 6.07) is 10.8. The number of rotatable bonds is 9. The maximum Gasteiger partial charge on any atom is 0.129 e. The maximum atomic E-state index is 13.9. The first kappa shape index (κ1) is 22.9. The lowest BCUT2D eigenvalue weighted by Gasteiger charge is -2.34. The Morgan fingerprint density at radius 3 is 2.40 bits per heavy atom. The van der Waals surface area contributed by atoms with E-state index in [9.17, 15) is 8.78 Å². The quantitative estimate of drug-likeness (QED) is 0.431. The molecule has 0 N–H and O–H groups in total. The molecule has 0 amide bonds. The molecule has 0 bridgehead atoms. The van der Waals surface area contributed by atoms with Crippen molar-refractivity contribution < 1.29 is 13.5 Å². The van der Waals surface area contributed by atoms with Gasteiger partial charge in [-0.2, -0.15) is 0 Å². The molecular formula is C26H35F2NO. The lowest BCUT2D eigenvalue weighted by Crippen LogP contribution is -2.37. The largest absolute Gasteiger partial charge is 0.372 e. The third-order valence-corrected chi connectivity index (χ3v) is 6.44. The average molecular weight is 416 g/mol. The monoisotopic (exact) mass is 415 g/mol. The summed E-state index contributed by atoms with van der Waals surface area (Å²) in [4.78, 5) is 2.47. The molecule has 1 aliphatic rings. The molecule has 0 heterocycles. The van der Waals surface area contributed by atoms with E-state index in [0.29, 0.717) is 31.1 Å². The van der Waals surface area contributed by atoms with Crippen LogP contribution < -0.4 is 0 Å². The lowest BCUT2D eigenvalue weighted by molar-refractivity contribution is 0.0156. The van der Waals surface area contributed by atoms with Crippen molar-refractivity contribution >= 4 is 0 Å². The van der Waals surface area contributed by atoms with Gasteiger partial charge in [0.1, 0.15) is 11.6 Å². The molecular weight excluding hydrogens is 380 g/mol. The standard InChI is InChI=1S/C26H35F2NO/c1-19-9-7-10-20(2)26(19)25(18-29(3)23-12-5-4-6-13-23)30-16-8-11-21-14-15-22(27)17-24(21)28/h7,9-10,14-15,17,23,25H,4-6,8,11-13,16,18H2,1-3H3. The number of benzene rings is 2. The van der Waals surface area contributed by atoms with Gasteiger partial charge in [-0.1, -0.05) is 43.5 Å². The minimum Gasteiger partial charge on any atom is -0.372 e. The van der Waals surface area contributed by atoms with Gasteiger partial charge in [-0.15, -0.1) is 0 Å². The van der Waals surface area contributed by atoms with Gasteiger partial charge in [-0.05, 0) is 74.9 Å². The van der Waals surface area contributed by atoms with Crippen LogP contribution in [0.1, 0.15) is 66.9 Å². The zero-order chi connectivity index (χ0) is 21.5. The smallest absolute Gasteiger partial charge is 0.129 e. The Balaban J connectivity index is 1.64. The van der Waals surface area contributed by atoms with Crippen molar-refractivity contribution in [2.45, 2.75) is 70.9 Å². The molecule has 0 radical (unpaired) electrons. The highest BCUT2D eigenvalue weighted by Crippen LogP contribution is 2.29. The molecule has 0 saturated heterocycles. The molecule has 4 heteroatoms. The van der Waals surface area contributed by atoms with Crippen molar-refractivity contribution in [1.82, 2.24) is 4.90 Å². The van der Waals surface area contributed by atoms with Gasteiger partial charge in [0, 0.05) is 25.3 Å². The number of ether oxygens (including phenoxy) is 1. The molecule has 2 aromatic rings.